The maximum absolute atomic E-state index is 12.9. The highest BCUT2D eigenvalue weighted by Crippen LogP contribution is 2.36. The van der Waals surface area contributed by atoms with Crippen molar-refractivity contribution >= 4 is 11.6 Å². The normalized spacial score (nSPS) is 14.5. The number of halogens is 1. The molecule has 120 valence electrons. The van der Waals surface area contributed by atoms with Gasteiger partial charge in [-0.1, -0.05) is 24.3 Å². The first kappa shape index (κ1) is 15.8. The number of amides is 1. The molecular formula is C19H15FN2O2. The third-order valence-electron chi connectivity index (χ3n) is 3.88. The van der Waals surface area contributed by atoms with Gasteiger partial charge in [0, 0.05) is 11.6 Å². The number of nitrogens with one attached hydrogen (secondary N) is 1. The number of allylic oxidation sites excluding steroid dienone is 1. The van der Waals surface area contributed by atoms with Crippen LogP contribution in [0.4, 0.5) is 10.1 Å². The number of carbonyl (C=O) groups is 1. The fourth-order valence-electron chi connectivity index (χ4n) is 2.37. The maximum atomic E-state index is 12.9. The predicted molar refractivity (Wildman–Crippen MR) is 88.5 cm³/mol. The lowest BCUT2D eigenvalue weighted by Gasteiger charge is -2.07. The van der Waals surface area contributed by atoms with E-state index in [0.29, 0.717) is 5.69 Å². The van der Waals surface area contributed by atoms with E-state index in [1.807, 2.05) is 0 Å². The molecule has 0 radical (unpaired) electrons. The highest BCUT2D eigenvalue weighted by molar-refractivity contribution is 6.07. The van der Waals surface area contributed by atoms with Crippen molar-refractivity contribution in [1.29, 1.82) is 5.26 Å². The van der Waals surface area contributed by atoms with Gasteiger partial charge >= 0.3 is 0 Å². The second kappa shape index (κ2) is 6.55. The third kappa shape index (κ3) is 3.44. The molecule has 2 aromatic rings. The SMILES string of the molecule is N#C/C(C(=O)Nc1ccc(-c2ccc(F)cc2)cc1)=C(/O)C1CC1. The first-order valence-electron chi connectivity index (χ1n) is 7.59. The number of hydrogen-bond donors (Lipinski definition) is 2. The van der Waals surface area contributed by atoms with Crippen LogP contribution in [0.2, 0.25) is 0 Å². The van der Waals surface area contributed by atoms with E-state index >= 15 is 0 Å². The number of nitriles is 1. The summed E-state index contributed by atoms with van der Waals surface area (Å²) in [4.78, 5) is 12.1. The van der Waals surface area contributed by atoms with Gasteiger partial charge in [0.15, 0.2) is 5.57 Å². The number of rotatable bonds is 4. The molecule has 0 unspecified atom stereocenters. The molecule has 0 spiro atoms. The zero-order valence-corrected chi connectivity index (χ0v) is 12.8. The van der Waals surface area contributed by atoms with Crippen molar-refractivity contribution in [1.82, 2.24) is 0 Å². The molecule has 1 aliphatic rings. The topological polar surface area (TPSA) is 73.1 Å². The fourth-order valence-corrected chi connectivity index (χ4v) is 2.37. The predicted octanol–water partition coefficient (Wildman–Crippen LogP) is 4.18. The van der Waals surface area contributed by atoms with Gasteiger partial charge < -0.3 is 10.4 Å². The standard InChI is InChI=1S/C19H15FN2O2/c20-15-7-3-12(4-8-15)13-5-9-16(10-6-13)22-19(24)17(11-21)18(23)14-1-2-14/h3-10,14,23H,1-2H2,(H,22,24)/b18-17-. The van der Waals surface area contributed by atoms with Gasteiger partial charge in [-0.15, -0.1) is 0 Å². The number of nitrogens with zero attached hydrogens (tertiary/aromatic N) is 1. The Morgan fingerprint density at radius 1 is 1.08 bits per heavy atom. The van der Waals surface area contributed by atoms with Crippen molar-refractivity contribution in [2.24, 2.45) is 5.92 Å². The van der Waals surface area contributed by atoms with Gasteiger partial charge in [0.2, 0.25) is 0 Å². The van der Waals surface area contributed by atoms with Crippen molar-refractivity contribution in [2.45, 2.75) is 12.8 Å². The van der Waals surface area contributed by atoms with Gasteiger partial charge in [-0.25, -0.2) is 4.39 Å². The molecule has 0 aliphatic heterocycles. The molecule has 1 fully saturated rings. The molecule has 0 aromatic heterocycles. The Balaban J connectivity index is 1.74. The molecule has 0 heterocycles. The van der Waals surface area contributed by atoms with E-state index in [1.165, 1.54) is 12.1 Å². The average molecular weight is 322 g/mol. The first-order valence-corrected chi connectivity index (χ1v) is 7.59. The Hall–Kier alpha value is -3.13. The lowest BCUT2D eigenvalue weighted by molar-refractivity contribution is -0.112. The minimum Gasteiger partial charge on any atom is -0.510 e. The van der Waals surface area contributed by atoms with Crippen LogP contribution < -0.4 is 5.32 Å². The van der Waals surface area contributed by atoms with Gasteiger partial charge in [0.25, 0.3) is 5.91 Å². The van der Waals surface area contributed by atoms with Gasteiger partial charge in [0.1, 0.15) is 17.6 Å². The van der Waals surface area contributed by atoms with E-state index in [1.54, 1.807) is 42.5 Å². The second-order valence-corrected chi connectivity index (χ2v) is 5.68. The lowest BCUT2D eigenvalue weighted by Crippen LogP contribution is -2.15. The van der Waals surface area contributed by atoms with E-state index in [4.69, 9.17) is 5.26 Å². The van der Waals surface area contributed by atoms with Crippen molar-refractivity contribution < 1.29 is 14.3 Å². The minimum absolute atomic E-state index is 0.0637. The molecular weight excluding hydrogens is 307 g/mol. The number of benzene rings is 2. The van der Waals surface area contributed by atoms with Gasteiger partial charge in [-0.2, -0.15) is 5.26 Å². The van der Waals surface area contributed by atoms with E-state index in [9.17, 15) is 14.3 Å². The van der Waals surface area contributed by atoms with Crippen LogP contribution in [0.5, 0.6) is 0 Å². The molecule has 3 rings (SSSR count). The minimum atomic E-state index is -0.614. The van der Waals surface area contributed by atoms with Crippen LogP contribution in [-0.2, 0) is 4.79 Å². The summed E-state index contributed by atoms with van der Waals surface area (Å²) in [5.74, 6) is -1.10. The molecule has 1 aliphatic carbocycles. The summed E-state index contributed by atoms with van der Waals surface area (Å²) in [7, 11) is 0. The molecule has 2 N–H and O–H groups in total. The zero-order valence-electron chi connectivity index (χ0n) is 12.8. The van der Waals surface area contributed by atoms with E-state index < -0.39 is 5.91 Å². The van der Waals surface area contributed by atoms with Crippen LogP contribution in [0.25, 0.3) is 11.1 Å². The van der Waals surface area contributed by atoms with Crippen molar-refractivity contribution in [3.8, 4) is 17.2 Å². The van der Waals surface area contributed by atoms with E-state index in [0.717, 1.165) is 24.0 Å². The van der Waals surface area contributed by atoms with Gasteiger partial charge in [-0.05, 0) is 48.2 Å². The van der Waals surface area contributed by atoms with Crippen LogP contribution in [0.1, 0.15) is 12.8 Å². The third-order valence-corrected chi connectivity index (χ3v) is 3.88. The quantitative estimate of drug-likeness (QED) is 0.504. The highest BCUT2D eigenvalue weighted by Gasteiger charge is 2.30. The Kier molecular flexibility index (Phi) is 4.30. The smallest absolute Gasteiger partial charge is 0.269 e. The fraction of sp³-hybridized carbons (Fsp3) is 0.158. The van der Waals surface area contributed by atoms with Crippen LogP contribution in [-0.4, -0.2) is 11.0 Å². The summed E-state index contributed by atoms with van der Waals surface area (Å²) >= 11 is 0. The maximum Gasteiger partial charge on any atom is 0.269 e. The molecule has 0 atom stereocenters. The van der Waals surface area contributed by atoms with E-state index in [2.05, 4.69) is 5.32 Å². The number of aliphatic hydroxyl groups excluding tert-OH is 1. The number of anilines is 1. The molecule has 1 amide bonds. The summed E-state index contributed by atoms with van der Waals surface area (Å²) in [6.07, 6.45) is 1.60. The second-order valence-electron chi connectivity index (χ2n) is 5.68. The summed E-state index contributed by atoms with van der Waals surface area (Å²) in [5.41, 5.74) is 2.02. The van der Waals surface area contributed by atoms with Crippen molar-refractivity contribution in [3.05, 3.63) is 65.7 Å². The monoisotopic (exact) mass is 322 g/mol. The lowest BCUT2D eigenvalue weighted by atomic mass is 10.1. The molecule has 0 saturated heterocycles. The molecule has 24 heavy (non-hydrogen) atoms. The Labute approximate surface area is 138 Å². The Morgan fingerprint density at radius 3 is 2.12 bits per heavy atom. The number of carbonyl (C=O) groups excluding carboxylic acids is 1. The van der Waals surface area contributed by atoms with Crippen LogP contribution in [0.3, 0.4) is 0 Å². The Bertz CT molecular complexity index is 829. The van der Waals surface area contributed by atoms with Gasteiger partial charge in [-0.3, -0.25) is 4.79 Å². The number of hydrogen-bond acceptors (Lipinski definition) is 3. The molecule has 2 aromatic carbocycles. The summed E-state index contributed by atoms with van der Waals surface area (Å²) in [5, 5.41) is 21.6. The summed E-state index contributed by atoms with van der Waals surface area (Å²) in [6, 6.07) is 14.9. The van der Waals surface area contributed by atoms with Crippen LogP contribution in [0, 0.1) is 23.1 Å². The largest absolute Gasteiger partial charge is 0.510 e. The van der Waals surface area contributed by atoms with E-state index in [-0.39, 0.29) is 23.1 Å². The van der Waals surface area contributed by atoms with Crippen LogP contribution >= 0.6 is 0 Å². The van der Waals surface area contributed by atoms with Crippen molar-refractivity contribution in [3.63, 3.8) is 0 Å². The molecule has 4 nitrogen and oxygen atoms in total. The summed E-state index contributed by atoms with van der Waals surface area (Å²) < 4.78 is 12.9. The number of aliphatic hydroxyl groups is 1. The average Bonchev–Trinajstić information content (AvgIpc) is 3.42. The Morgan fingerprint density at radius 2 is 1.62 bits per heavy atom. The zero-order chi connectivity index (χ0) is 17.1. The van der Waals surface area contributed by atoms with Gasteiger partial charge in [0.05, 0.1) is 0 Å². The molecule has 5 heteroatoms. The summed E-state index contributed by atoms with van der Waals surface area (Å²) in [6.45, 7) is 0. The highest BCUT2D eigenvalue weighted by atomic mass is 19.1. The first-order chi connectivity index (χ1) is 11.6. The van der Waals surface area contributed by atoms with Crippen LogP contribution in [0.15, 0.2) is 59.9 Å². The molecule has 0 bridgehead atoms. The molecule has 1 saturated carbocycles. The van der Waals surface area contributed by atoms with Crippen molar-refractivity contribution in [2.75, 3.05) is 5.32 Å².